The number of amides is 2. The Hall–Kier alpha value is -2.15. The smallest absolute Gasteiger partial charge is 0.223 e. The Labute approximate surface area is 166 Å². The average molecular weight is 386 g/mol. The highest BCUT2D eigenvalue weighted by molar-refractivity contribution is 5.78. The molecule has 3 aliphatic heterocycles. The highest BCUT2D eigenvalue weighted by Crippen LogP contribution is 2.41. The molecule has 0 aliphatic carbocycles. The minimum atomic E-state index is -0.0333. The van der Waals surface area contributed by atoms with E-state index in [-0.39, 0.29) is 17.9 Å². The summed E-state index contributed by atoms with van der Waals surface area (Å²) in [6, 6.07) is 4.23. The molecule has 4 atom stereocenters. The highest BCUT2D eigenvalue weighted by atomic mass is 16.5. The zero-order chi connectivity index (χ0) is 19.7. The quantitative estimate of drug-likeness (QED) is 0.829. The largest absolute Gasteiger partial charge is 0.495 e. The van der Waals surface area contributed by atoms with Crippen molar-refractivity contribution < 1.29 is 14.3 Å². The number of carbonyl (C=O) groups is 2. The van der Waals surface area contributed by atoms with Crippen LogP contribution < -0.4 is 10.1 Å². The number of piperidine rings is 3. The fraction of sp³-hybridized carbons (Fsp3) is 0.667. The van der Waals surface area contributed by atoms with E-state index in [1.165, 1.54) is 0 Å². The number of hydrogen-bond acceptors (Lipinski definition) is 5. The van der Waals surface area contributed by atoms with Gasteiger partial charge in [0.05, 0.1) is 18.8 Å². The zero-order valence-corrected chi connectivity index (χ0v) is 16.8. The van der Waals surface area contributed by atoms with Crippen LogP contribution in [0, 0.1) is 11.8 Å². The van der Waals surface area contributed by atoms with Crippen molar-refractivity contribution in [3.8, 4) is 5.75 Å². The fourth-order valence-corrected chi connectivity index (χ4v) is 5.45. The Morgan fingerprint density at radius 1 is 1.36 bits per heavy atom. The second-order valence-electron chi connectivity index (χ2n) is 8.37. The lowest BCUT2D eigenvalue weighted by Crippen LogP contribution is -2.66. The van der Waals surface area contributed by atoms with Crippen LogP contribution in [-0.2, 0) is 16.1 Å². The van der Waals surface area contributed by atoms with Crippen LogP contribution in [0.1, 0.15) is 38.3 Å². The van der Waals surface area contributed by atoms with Gasteiger partial charge >= 0.3 is 0 Å². The van der Waals surface area contributed by atoms with Crippen LogP contribution in [0.3, 0.4) is 0 Å². The number of hydrogen-bond donors (Lipinski definition) is 1. The Balaban J connectivity index is 1.55. The van der Waals surface area contributed by atoms with Gasteiger partial charge in [-0.15, -0.1) is 0 Å². The highest BCUT2D eigenvalue weighted by Gasteiger charge is 2.49. The molecule has 2 amide bonds. The molecule has 3 fully saturated rings. The maximum Gasteiger partial charge on any atom is 0.223 e. The molecular weight excluding hydrogens is 356 g/mol. The molecule has 3 saturated heterocycles. The predicted octanol–water partition coefficient (Wildman–Crippen LogP) is 1.43. The first-order valence-corrected chi connectivity index (χ1v) is 10.3. The normalized spacial score (nSPS) is 29.9. The molecule has 1 aromatic heterocycles. The first-order valence-electron chi connectivity index (χ1n) is 10.3. The van der Waals surface area contributed by atoms with Crippen LogP contribution in [0.15, 0.2) is 18.3 Å². The van der Waals surface area contributed by atoms with E-state index in [1.807, 2.05) is 18.3 Å². The average Bonchev–Trinajstić information content (AvgIpc) is 2.68. The van der Waals surface area contributed by atoms with Crippen LogP contribution in [0.2, 0.25) is 0 Å². The van der Waals surface area contributed by atoms with Crippen molar-refractivity contribution in [2.45, 2.75) is 51.2 Å². The monoisotopic (exact) mass is 386 g/mol. The number of aromatic nitrogens is 1. The maximum absolute atomic E-state index is 12.7. The third-order valence-electron chi connectivity index (χ3n) is 6.57. The van der Waals surface area contributed by atoms with E-state index in [4.69, 9.17) is 4.74 Å². The van der Waals surface area contributed by atoms with E-state index in [2.05, 4.69) is 20.1 Å². The second kappa shape index (κ2) is 8.07. The van der Waals surface area contributed by atoms with Gasteiger partial charge in [-0.1, -0.05) is 0 Å². The molecule has 7 nitrogen and oxygen atoms in total. The first-order chi connectivity index (χ1) is 13.6. The van der Waals surface area contributed by atoms with Crippen molar-refractivity contribution in [1.82, 2.24) is 20.1 Å². The summed E-state index contributed by atoms with van der Waals surface area (Å²) in [5.74, 6) is 1.92. The van der Waals surface area contributed by atoms with Crippen molar-refractivity contribution >= 4 is 11.8 Å². The van der Waals surface area contributed by atoms with Gasteiger partial charge < -0.3 is 15.0 Å². The molecule has 3 aliphatic rings. The molecular formula is C21H30N4O3. The fourth-order valence-electron chi connectivity index (χ4n) is 5.45. The zero-order valence-electron chi connectivity index (χ0n) is 16.8. The SMILES string of the molecule is COc1cccnc1CN1C[C@H]2C[C@@H](C1)[C@H](CNC(C)=O)N1C(=O)CCC[C@@H]21. The molecule has 2 bridgehead atoms. The van der Waals surface area contributed by atoms with Crippen LogP contribution in [0.25, 0.3) is 0 Å². The molecule has 1 aromatic rings. The lowest BCUT2D eigenvalue weighted by Gasteiger charge is -2.56. The lowest BCUT2D eigenvalue weighted by molar-refractivity contribution is -0.153. The minimum absolute atomic E-state index is 0.0333. The number of nitrogens with zero attached hydrogens (tertiary/aromatic N) is 3. The molecule has 0 aromatic carbocycles. The molecule has 7 heteroatoms. The van der Waals surface area contributed by atoms with Crippen LogP contribution in [0.4, 0.5) is 0 Å². The predicted molar refractivity (Wildman–Crippen MR) is 105 cm³/mol. The standard InChI is InChI=1S/C21H30N4O3/c1-14(26)23-10-19-16-9-15(18-5-3-7-21(27)25(18)19)11-24(12-16)13-17-20(28-2)6-4-8-22-17/h4,6,8,15-16,18-19H,3,5,7,9-13H2,1-2H3,(H,23,26)/t15-,16+,18+,19+/m1/s1. The number of fused-ring (bicyclic) bond motifs is 4. The summed E-state index contributed by atoms with van der Waals surface area (Å²) in [4.78, 5) is 33.4. The molecule has 4 heterocycles. The first kappa shape index (κ1) is 19.2. The van der Waals surface area contributed by atoms with E-state index < -0.39 is 0 Å². The number of carbonyl (C=O) groups excluding carboxylic acids is 2. The molecule has 0 radical (unpaired) electrons. The summed E-state index contributed by atoms with van der Waals surface area (Å²) >= 11 is 0. The van der Waals surface area contributed by atoms with Crippen molar-refractivity contribution in [1.29, 1.82) is 0 Å². The van der Waals surface area contributed by atoms with Gasteiger partial charge in [0.15, 0.2) is 0 Å². The van der Waals surface area contributed by atoms with E-state index in [0.29, 0.717) is 30.8 Å². The number of likely N-dealkylation sites (tertiary alicyclic amines) is 1. The summed E-state index contributed by atoms with van der Waals surface area (Å²) in [6.07, 6.45) is 5.63. The summed E-state index contributed by atoms with van der Waals surface area (Å²) in [5.41, 5.74) is 0.958. The van der Waals surface area contributed by atoms with Gasteiger partial charge in [0.1, 0.15) is 5.75 Å². The molecule has 28 heavy (non-hydrogen) atoms. The molecule has 1 N–H and O–H groups in total. The summed E-state index contributed by atoms with van der Waals surface area (Å²) in [7, 11) is 1.68. The number of pyridine rings is 1. The molecule has 0 unspecified atom stereocenters. The van der Waals surface area contributed by atoms with Gasteiger partial charge in [0.25, 0.3) is 0 Å². The summed E-state index contributed by atoms with van der Waals surface area (Å²) in [5, 5.41) is 2.97. The topological polar surface area (TPSA) is 74.8 Å². The van der Waals surface area contributed by atoms with Crippen LogP contribution in [-0.4, -0.2) is 65.4 Å². The van der Waals surface area contributed by atoms with Crippen molar-refractivity contribution in [3.05, 3.63) is 24.0 Å². The lowest BCUT2D eigenvalue weighted by atomic mass is 9.72. The third kappa shape index (κ3) is 3.72. The van der Waals surface area contributed by atoms with Crippen molar-refractivity contribution in [2.24, 2.45) is 11.8 Å². The molecule has 0 saturated carbocycles. The Kier molecular flexibility index (Phi) is 5.53. The van der Waals surface area contributed by atoms with Crippen molar-refractivity contribution in [2.75, 3.05) is 26.7 Å². The summed E-state index contributed by atoms with van der Waals surface area (Å²) in [6.45, 7) is 4.75. The van der Waals surface area contributed by atoms with Gasteiger partial charge in [0, 0.05) is 51.8 Å². The van der Waals surface area contributed by atoms with Gasteiger partial charge in [-0.2, -0.15) is 0 Å². The number of nitrogens with one attached hydrogen (secondary N) is 1. The molecule has 4 rings (SSSR count). The van der Waals surface area contributed by atoms with Crippen LogP contribution in [0.5, 0.6) is 5.75 Å². The van der Waals surface area contributed by atoms with Gasteiger partial charge in [-0.25, -0.2) is 0 Å². The van der Waals surface area contributed by atoms with Gasteiger partial charge in [-0.3, -0.25) is 19.5 Å². The minimum Gasteiger partial charge on any atom is -0.495 e. The van der Waals surface area contributed by atoms with Gasteiger partial charge in [0.2, 0.25) is 11.8 Å². The van der Waals surface area contributed by atoms with E-state index in [1.54, 1.807) is 14.0 Å². The summed E-state index contributed by atoms with van der Waals surface area (Å²) < 4.78 is 5.48. The van der Waals surface area contributed by atoms with E-state index in [0.717, 1.165) is 50.3 Å². The maximum atomic E-state index is 12.7. The second-order valence-corrected chi connectivity index (χ2v) is 8.37. The number of ether oxygens (including phenoxy) is 1. The van der Waals surface area contributed by atoms with E-state index >= 15 is 0 Å². The van der Waals surface area contributed by atoms with Crippen molar-refractivity contribution in [3.63, 3.8) is 0 Å². The molecule has 152 valence electrons. The Morgan fingerprint density at radius 3 is 2.96 bits per heavy atom. The van der Waals surface area contributed by atoms with Crippen LogP contribution >= 0.6 is 0 Å². The molecule has 0 spiro atoms. The number of rotatable bonds is 5. The van der Waals surface area contributed by atoms with E-state index in [9.17, 15) is 9.59 Å². The third-order valence-corrected chi connectivity index (χ3v) is 6.57. The van der Waals surface area contributed by atoms with Gasteiger partial charge in [-0.05, 0) is 43.2 Å². The number of methoxy groups -OCH3 is 1. The Bertz CT molecular complexity index is 740. The Morgan fingerprint density at radius 2 is 2.18 bits per heavy atom.